The summed E-state index contributed by atoms with van der Waals surface area (Å²) in [6.07, 6.45) is 2.82. The minimum atomic E-state index is 0.346. The third-order valence-electron chi connectivity index (χ3n) is 4.51. The summed E-state index contributed by atoms with van der Waals surface area (Å²) in [7, 11) is 1.82. The molecular formula is C14H28N2O. The Kier molecular flexibility index (Phi) is 4.11. The van der Waals surface area contributed by atoms with E-state index in [0.717, 1.165) is 25.6 Å². The highest BCUT2D eigenvalue weighted by atomic mass is 16.5. The summed E-state index contributed by atoms with van der Waals surface area (Å²) in [5.41, 5.74) is 0.346. The van der Waals surface area contributed by atoms with E-state index in [-0.39, 0.29) is 0 Å². The molecule has 3 nitrogen and oxygen atoms in total. The van der Waals surface area contributed by atoms with Crippen molar-refractivity contribution in [3.63, 3.8) is 0 Å². The molecular weight excluding hydrogens is 212 g/mol. The first kappa shape index (κ1) is 13.3. The Morgan fingerprint density at radius 3 is 2.65 bits per heavy atom. The Labute approximate surface area is 106 Å². The van der Waals surface area contributed by atoms with Crippen LogP contribution in [-0.2, 0) is 4.74 Å². The smallest absolute Gasteiger partial charge is 0.0620 e. The van der Waals surface area contributed by atoms with E-state index >= 15 is 0 Å². The van der Waals surface area contributed by atoms with E-state index < -0.39 is 0 Å². The van der Waals surface area contributed by atoms with Crippen LogP contribution in [0.3, 0.4) is 0 Å². The van der Waals surface area contributed by atoms with Crippen LogP contribution in [-0.4, -0.2) is 49.8 Å². The molecule has 100 valence electrons. The lowest BCUT2D eigenvalue weighted by Crippen LogP contribution is -2.63. The molecule has 1 aliphatic carbocycles. The van der Waals surface area contributed by atoms with Crippen molar-refractivity contribution in [3.8, 4) is 0 Å². The molecule has 0 radical (unpaired) electrons. The summed E-state index contributed by atoms with van der Waals surface area (Å²) in [6.45, 7) is 11.3. The highest BCUT2D eigenvalue weighted by Crippen LogP contribution is 2.41. The van der Waals surface area contributed by atoms with Gasteiger partial charge in [0.25, 0.3) is 0 Å². The van der Waals surface area contributed by atoms with Crippen LogP contribution < -0.4 is 5.32 Å². The lowest BCUT2D eigenvalue weighted by Gasteiger charge is -2.46. The molecule has 1 heterocycles. The standard InChI is InChI=1S/C14H28N2O/c1-11(2)13(9-17-4)16-8-7-15-14(3,10-16)12-5-6-12/h11-13,15H,5-10H2,1-4H3. The zero-order chi connectivity index (χ0) is 12.5. The molecule has 0 spiro atoms. The molecule has 1 aliphatic heterocycles. The number of rotatable bonds is 5. The Morgan fingerprint density at radius 2 is 2.12 bits per heavy atom. The van der Waals surface area contributed by atoms with Crippen LogP contribution in [0, 0.1) is 11.8 Å². The Balaban J connectivity index is 1.99. The Bertz CT molecular complexity index is 253. The van der Waals surface area contributed by atoms with Gasteiger partial charge in [0.05, 0.1) is 6.61 Å². The normalized spacial score (nSPS) is 33.0. The van der Waals surface area contributed by atoms with Gasteiger partial charge in [-0.1, -0.05) is 13.8 Å². The van der Waals surface area contributed by atoms with E-state index in [0.29, 0.717) is 17.5 Å². The van der Waals surface area contributed by atoms with Crippen LogP contribution >= 0.6 is 0 Å². The van der Waals surface area contributed by atoms with Crippen LogP contribution in [0.25, 0.3) is 0 Å². The molecule has 3 heteroatoms. The molecule has 2 unspecified atom stereocenters. The first-order valence-corrected chi connectivity index (χ1v) is 7.05. The van der Waals surface area contributed by atoms with Gasteiger partial charge in [-0.15, -0.1) is 0 Å². The van der Waals surface area contributed by atoms with Gasteiger partial charge in [-0.25, -0.2) is 0 Å². The number of nitrogens with one attached hydrogen (secondary N) is 1. The van der Waals surface area contributed by atoms with Crippen molar-refractivity contribution in [2.75, 3.05) is 33.4 Å². The largest absolute Gasteiger partial charge is 0.383 e. The molecule has 1 N–H and O–H groups in total. The number of ether oxygens (including phenoxy) is 1. The summed E-state index contributed by atoms with van der Waals surface area (Å²) in [5.74, 6) is 1.57. The first-order valence-electron chi connectivity index (χ1n) is 7.05. The third-order valence-corrected chi connectivity index (χ3v) is 4.51. The van der Waals surface area contributed by atoms with Crippen molar-refractivity contribution in [1.82, 2.24) is 10.2 Å². The second-order valence-electron chi connectivity index (χ2n) is 6.36. The van der Waals surface area contributed by atoms with Crippen LogP contribution in [0.15, 0.2) is 0 Å². The Hall–Kier alpha value is -0.120. The fourth-order valence-corrected chi connectivity index (χ4v) is 3.21. The SMILES string of the molecule is COCC(C(C)C)N1CCNC(C)(C2CC2)C1. The van der Waals surface area contributed by atoms with Crippen molar-refractivity contribution in [2.45, 2.75) is 45.2 Å². The van der Waals surface area contributed by atoms with E-state index in [4.69, 9.17) is 4.74 Å². The van der Waals surface area contributed by atoms with Gasteiger partial charge in [-0.05, 0) is 31.6 Å². The van der Waals surface area contributed by atoms with Gasteiger partial charge in [0.2, 0.25) is 0 Å². The molecule has 1 saturated carbocycles. The number of methoxy groups -OCH3 is 1. The zero-order valence-corrected chi connectivity index (χ0v) is 11.8. The average Bonchev–Trinajstić information content (AvgIpc) is 3.09. The molecule has 2 rings (SSSR count). The van der Waals surface area contributed by atoms with E-state index in [9.17, 15) is 0 Å². The van der Waals surface area contributed by atoms with E-state index in [2.05, 4.69) is 31.0 Å². The number of nitrogens with zero attached hydrogens (tertiary/aromatic N) is 1. The van der Waals surface area contributed by atoms with Crippen LogP contribution in [0.5, 0.6) is 0 Å². The predicted molar refractivity (Wildman–Crippen MR) is 71.2 cm³/mol. The molecule has 1 saturated heterocycles. The van der Waals surface area contributed by atoms with Gasteiger partial charge in [-0.3, -0.25) is 4.90 Å². The third kappa shape index (κ3) is 3.01. The van der Waals surface area contributed by atoms with E-state index in [1.807, 2.05) is 7.11 Å². The summed E-state index contributed by atoms with van der Waals surface area (Å²) in [6, 6.07) is 0.570. The first-order chi connectivity index (χ1) is 8.07. The van der Waals surface area contributed by atoms with Gasteiger partial charge >= 0.3 is 0 Å². The fraction of sp³-hybridized carbons (Fsp3) is 1.00. The van der Waals surface area contributed by atoms with Gasteiger partial charge < -0.3 is 10.1 Å². The van der Waals surface area contributed by atoms with Crippen LogP contribution in [0.4, 0.5) is 0 Å². The molecule has 2 aliphatic rings. The monoisotopic (exact) mass is 240 g/mol. The predicted octanol–water partition coefficient (Wildman–Crippen LogP) is 1.73. The molecule has 2 fully saturated rings. The molecule has 0 aromatic heterocycles. The van der Waals surface area contributed by atoms with Gasteiger partial charge in [-0.2, -0.15) is 0 Å². The molecule has 0 amide bonds. The van der Waals surface area contributed by atoms with Gasteiger partial charge in [0, 0.05) is 38.3 Å². The van der Waals surface area contributed by atoms with Crippen LogP contribution in [0.2, 0.25) is 0 Å². The average molecular weight is 240 g/mol. The topological polar surface area (TPSA) is 24.5 Å². The van der Waals surface area contributed by atoms with Crippen LogP contribution in [0.1, 0.15) is 33.6 Å². The highest BCUT2D eigenvalue weighted by Gasteiger charge is 2.45. The maximum Gasteiger partial charge on any atom is 0.0620 e. The maximum atomic E-state index is 5.40. The van der Waals surface area contributed by atoms with Crippen molar-refractivity contribution in [3.05, 3.63) is 0 Å². The second kappa shape index (κ2) is 5.25. The van der Waals surface area contributed by atoms with Crippen molar-refractivity contribution in [2.24, 2.45) is 11.8 Å². The zero-order valence-electron chi connectivity index (χ0n) is 11.8. The minimum Gasteiger partial charge on any atom is -0.383 e. The number of piperazine rings is 1. The van der Waals surface area contributed by atoms with Crippen molar-refractivity contribution >= 4 is 0 Å². The quantitative estimate of drug-likeness (QED) is 0.792. The molecule has 17 heavy (non-hydrogen) atoms. The Morgan fingerprint density at radius 1 is 1.41 bits per heavy atom. The van der Waals surface area contributed by atoms with E-state index in [1.54, 1.807) is 0 Å². The van der Waals surface area contributed by atoms with Gasteiger partial charge in [0.1, 0.15) is 0 Å². The minimum absolute atomic E-state index is 0.346. The molecule has 0 aromatic rings. The van der Waals surface area contributed by atoms with E-state index in [1.165, 1.54) is 19.4 Å². The fourth-order valence-electron chi connectivity index (χ4n) is 3.21. The summed E-state index contributed by atoms with van der Waals surface area (Å²) < 4.78 is 5.40. The molecule has 2 atom stereocenters. The summed E-state index contributed by atoms with van der Waals surface area (Å²) in [4.78, 5) is 2.64. The second-order valence-corrected chi connectivity index (χ2v) is 6.36. The number of hydrogen-bond donors (Lipinski definition) is 1. The molecule has 0 bridgehead atoms. The van der Waals surface area contributed by atoms with Crippen molar-refractivity contribution < 1.29 is 4.74 Å². The lowest BCUT2D eigenvalue weighted by atomic mass is 9.90. The lowest BCUT2D eigenvalue weighted by molar-refractivity contribution is 0.0230. The van der Waals surface area contributed by atoms with Crippen molar-refractivity contribution in [1.29, 1.82) is 0 Å². The van der Waals surface area contributed by atoms with Gasteiger partial charge in [0.15, 0.2) is 0 Å². The molecule has 0 aromatic carbocycles. The summed E-state index contributed by atoms with van der Waals surface area (Å²) >= 11 is 0. The number of hydrogen-bond acceptors (Lipinski definition) is 3. The maximum absolute atomic E-state index is 5.40. The highest BCUT2D eigenvalue weighted by molar-refractivity contribution is 5.03. The summed E-state index contributed by atoms with van der Waals surface area (Å²) in [5, 5.41) is 3.74.